The largest absolute Gasteiger partial charge is 0.322 e. The molecule has 0 aromatic heterocycles. The minimum Gasteiger partial charge on any atom is -0.322 e. The first kappa shape index (κ1) is 14.1. The van der Waals surface area contributed by atoms with Crippen LogP contribution in [0.25, 0.3) is 0 Å². The van der Waals surface area contributed by atoms with E-state index in [9.17, 15) is 0 Å². The summed E-state index contributed by atoms with van der Waals surface area (Å²) in [5, 5.41) is 0. The Kier molecular flexibility index (Phi) is 3.01. The van der Waals surface area contributed by atoms with Crippen LogP contribution in [0, 0.1) is 6.92 Å². The standard InChI is InChI=1S/C26H26N2/c1-18-12-8-10-16-23(18)27-19(2)25-26(4,21-13-6-5-7-14-21)22-15-9-11-17-24(22)28(25)20(27)3/h5-17,20H,1-4H3/i3D3. The van der Waals surface area contributed by atoms with Crippen LogP contribution >= 0.6 is 0 Å². The van der Waals surface area contributed by atoms with Gasteiger partial charge in [0.2, 0.25) is 0 Å². The number of allylic oxidation sites excluding steroid dienone is 2. The lowest BCUT2D eigenvalue weighted by Crippen LogP contribution is -2.38. The van der Waals surface area contributed by atoms with E-state index in [0.717, 1.165) is 39.5 Å². The topological polar surface area (TPSA) is 6.48 Å². The van der Waals surface area contributed by atoms with Crippen LogP contribution in [-0.2, 0) is 5.41 Å². The second kappa shape index (κ2) is 6.00. The van der Waals surface area contributed by atoms with Gasteiger partial charge in [-0.05, 0) is 56.4 Å². The fourth-order valence-corrected chi connectivity index (χ4v) is 5.01. The van der Waals surface area contributed by atoms with E-state index in [4.69, 9.17) is 4.11 Å². The Labute approximate surface area is 171 Å². The molecule has 0 amide bonds. The highest BCUT2D eigenvalue weighted by Gasteiger charge is 2.52. The molecule has 2 nitrogen and oxygen atoms in total. The summed E-state index contributed by atoms with van der Waals surface area (Å²) >= 11 is 0. The van der Waals surface area contributed by atoms with E-state index >= 15 is 0 Å². The maximum atomic E-state index is 8.52. The Hall–Kier alpha value is -3.00. The average Bonchev–Trinajstić information content (AvgIpc) is 3.21. The fourth-order valence-electron chi connectivity index (χ4n) is 5.01. The zero-order valence-corrected chi connectivity index (χ0v) is 16.5. The van der Waals surface area contributed by atoms with Crippen LogP contribution in [0.15, 0.2) is 90.3 Å². The molecule has 0 saturated carbocycles. The molecule has 0 N–H and O–H groups in total. The Morgan fingerprint density at radius 1 is 0.786 bits per heavy atom. The molecule has 0 bridgehead atoms. The van der Waals surface area contributed by atoms with Gasteiger partial charge < -0.3 is 9.80 Å². The molecule has 2 aliphatic heterocycles. The molecule has 2 atom stereocenters. The number of aryl methyl sites for hydroxylation is 1. The number of benzene rings is 3. The van der Waals surface area contributed by atoms with Crippen molar-refractivity contribution < 1.29 is 4.11 Å². The molecule has 0 radical (unpaired) electrons. The van der Waals surface area contributed by atoms with Crippen molar-refractivity contribution in [1.82, 2.24) is 0 Å². The lowest BCUT2D eigenvalue weighted by atomic mass is 9.75. The highest BCUT2D eigenvalue weighted by Crippen LogP contribution is 2.57. The number of fused-ring (bicyclic) bond motifs is 3. The van der Waals surface area contributed by atoms with Crippen molar-refractivity contribution in [3.05, 3.63) is 107 Å². The number of para-hydroxylation sites is 2. The summed E-state index contributed by atoms with van der Waals surface area (Å²) < 4.78 is 25.6. The summed E-state index contributed by atoms with van der Waals surface area (Å²) in [4.78, 5) is 4.09. The van der Waals surface area contributed by atoms with Crippen LogP contribution in [0.3, 0.4) is 0 Å². The van der Waals surface area contributed by atoms with Gasteiger partial charge >= 0.3 is 0 Å². The molecule has 3 aromatic carbocycles. The predicted octanol–water partition coefficient (Wildman–Crippen LogP) is 6.22. The van der Waals surface area contributed by atoms with Gasteiger partial charge in [-0.2, -0.15) is 0 Å². The third-order valence-corrected chi connectivity index (χ3v) is 6.34. The zero-order chi connectivity index (χ0) is 22.0. The van der Waals surface area contributed by atoms with Gasteiger partial charge in [-0.15, -0.1) is 0 Å². The van der Waals surface area contributed by atoms with E-state index in [2.05, 4.69) is 55.1 Å². The van der Waals surface area contributed by atoms with Gasteiger partial charge in [0.25, 0.3) is 0 Å². The molecule has 0 spiro atoms. The molecular weight excluding hydrogens is 340 g/mol. The van der Waals surface area contributed by atoms with Crippen LogP contribution in [0.5, 0.6) is 0 Å². The SMILES string of the molecule is [2H]C([2H])([2H])C1N(c2ccccc2C)C(C)=C2N1c1ccccc1C2(C)c1ccccc1. The summed E-state index contributed by atoms with van der Waals surface area (Å²) in [7, 11) is 0. The Bertz CT molecular complexity index is 1180. The molecule has 2 aliphatic rings. The highest BCUT2D eigenvalue weighted by molar-refractivity contribution is 5.80. The van der Waals surface area contributed by atoms with Crippen LogP contribution in [0.2, 0.25) is 0 Å². The van der Waals surface area contributed by atoms with Crippen molar-refractivity contribution >= 4 is 11.4 Å². The molecular formula is C26H26N2. The van der Waals surface area contributed by atoms with Gasteiger partial charge in [0, 0.05) is 21.2 Å². The van der Waals surface area contributed by atoms with Crippen LogP contribution in [0.1, 0.15) is 41.5 Å². The summed E-state index contributed by atoms with van der Waals surface area (Å²) in [5.74, 6) is 0. The van der Waals surface area contributed by atoms with Crippen molar-refractivity contribution in [2.75, 3.05) is 9.80 Å². The first-order valence-electron chi connectivity index (χ1n) is 11.3. The van der Waals surface area contributed by atoms with Gasteiger partial charge in [0.05, 0.1) is 11.1 Å². The maximum Gasteiger partial charge on any atom is 0.108 e. The number of rotatable bonds is 2. The molecule has 3 aromatic rings. The molecule has 5 rings (SSSR count). The van der Waals surface area contributed by atoms with E-state index in [0.29, 0.717) is 0 Å². The molecule has 140 valence electrons. The van der Waals surface area contributed by atoms with Crippen molar-refractivity contribution in [2.45, 2.75) is 39.2 Å². The third-order valence-electron chi connectivity index (χ3n) is 6.34. The number of hydrogen-bond donors (Lipinski definition) is 0. The summed E-state index contributed by atoms with van der Waals surface area (Å²) in [6, 6.07) is 26.7. The van der Waals surface area contributed by atoms with Crippen LogP contribution in [-0.4, -0.2) is 6.17 Å². The van der Waals surface area contributed by atoms with Gasteiger partial charge in [-0.25, -0.2) is 0 Å². The Morgan fingerprint density at radius 2 is 1.43 bits per heavy atom. The monoisotopic (exact) mass is 369 g/mol. The molecule has 2 unspecified atom stereocenters. The summed E-state index contributed by atoms with van der Waals surface area (Å²) in [6.07, 6.45) is -0.796. The quantitative estimate of drug-likeness (QED) is 0.529. The molecule has 0 fully saturated rings. The first-order valence-corrected chi connectivity index (χ1v) is 9.76. The van der Waals surface area contributed by atoms with Crippen LogP contribution < -0.4 is 9.80 Å². The van der Waals surface area contributed by atoms with Crippen molar-refractivity contribution in [3.8, 4) is 0 Å². The lowest BCUT2D eigenvalue weighted by molar-refractivity contribution is 0.671. The van der Waals surface area contributed by atoms with Gasteiger partial charge in [-0.3, -0.25) is 0 Å². The number of anilines is 2. The Balaban J connectivity index is 1.84. The van der Waals surface area contributed by atoms with E-state index in [1.165, 1.54) is 0 Å². The molecule has 0 aliphatic carbocycles. The molecule has 0 saturated heterocycles. The van der Waals surface area contributed by atoms with Gasteiger partial charge in [0.15, 0.2) is 0 Å². The van der Waals surface area contributed by atoms with Crippen molar-refractivity contribution in [1.29, 1.82) is 0 Å². The number of hydrogen-bond acceptors (Lipinski definition) is 2. The molecule has 2 heteroatoms. The smallest absolute Gasteiger partial charge is 0.108 e. The Morgan fingerprint density at radius 3 is 2.14 bits per heavy atom. The average molecular weight is 370 g/mol. The summed E-state index contributed by atoms with van der Waals surface area (Å²) in [5.41, 5.74) is 6.87. The molecule has 28 heavy (non-hydrogen) atoms. The van der Waals surface area contributed by atoms with E-state index in [-0.39, 0.29) is 0 Å². The third kappa shape index (κ3) is 2.09. The van der Waals surface area contributed by atoms with E-state index < -0.39 is 18.4 Å². The van der Waals surface area contributed by atoms with Gasteiger partial charge in [-0.1, -0.05) is 66.7 Å². The minimum atomic E-state index is -2.21. The van der Waals surface area contributed by atoms with E-state index in [1.807, 2.05) is 54.3 Å². The summed E-state index contributed by atoms with van der Waals surface area (Å²) in [6.45, 7) is 4.11. The second-order valence-corrected chi connectivity index (χ2v) is 7.84. The van der Waals surface area contributed by atoms with E-state index in [1.54, 1.807) is 0 Å². The lowest BCUT2D eigenvalue weighted by Gasteiger charge is -2.32. The highest BCUT2D eigenvalue weighted by atomic mass is 15.4. The zero-order valence-electron chi connectivity index (χ0n) is 19.5. The molecule has 2 heterocycles. The van der Waals surface area contributed by atoms with Crippen molar-refractivity contribution in [2.24, 2.45) is 0 Å². The van der Waals surface area contributed by atoms with Crippen molar-refractivity contribution in [3.63, 3.8) is 0 Å². The van der Waals surface area contributed by atoms with Crippen LogP contribution in [0.4, 0.5) is 11.4 Å². The number of nitrogens with zero attached hydrogens (tertiary/aromatic N) is 2. The van der Waals surface area contributed by atoms with Gasteiger partial charge in [0.1, 0.15) is 6.17 Å². The normalized spacial score (nSPS) is 25.2. The second-order valence-electron chi connectivity index (χ2n) is 7.84. The maximum absolute atomic E-state index is 8.52. The first-order chi connectivity index (χ1) is 14.8. The minimum absolute atomic E-state index is 0.442. The predicted molar refractivity (Wildman–Crippen MR) is 118 cm³/mol. The fraction of sp³-hybridized carbons (Fsp3) is 0.231.